The number of rotatable bonds is 1. The molecule has 1 rings (SSSR count). The van der Waals surface area contributed by atoms with E-state index in [0.29, 0.717) is 5.75 Å². The second-order valence-electron chi connectivity index (χ2n) is 3.32. The first-order chi connectivity index (χ1) is 5.57. The van der Waals surface area contributed by atoms with Gasteiger partial charge in [-0.25, -0.2) is 0 Å². The smallest absolute Gasteiger partial charge is 0.122 e. The molecule has 1 aromatic carbocycles. The van der Waals surface area contributed by atoms with E-state index in [1.165, 1.54) is 11.1 Å². The molecule has 0 aliphatic carbocycles. The molecule has 0 saturated carbocycles. The Labute approximate surface area is 74.1 Å². The summed E-state index contributed by atoms with van der Waals surface area (Å²) < 4.78 is 0. The van der Waals surface area contributed by atoms with Crippen LogP contribution in [0.1, 0.15) is 29.2 Å². The molecule has 0 unspecified atom stereocenters. The number of aryl methyl sites for hydroxylation is 2. The third kappa shape index (κ3) is 1.31. The summed E-state index contributed by atoms with van der Waals surface area (Å²) in [6.07, 6.45) is 0.902. The quantitative estimate of drug-likeness (QED) is 0.676. The Bertz CT molecular complexity index is 300. The fourth-order valence-corrected chi connectivity index (χ4v) is 1.57. The maximum atomic E-state index is 9.76. The van der Waals surface area contributed by atoms with Crippen molar-refractivity contribution >= 4 is 0 Å². The van der Waals surface area contributed by atoms with Gasteiger partial charge in [-0.1, -0.05) is 13.0 Å². The average Bonchev–Trinajstić information content (AvgIpc) is 2.01. The molecule has 1 heteroatoms. The molecule has 0 fully saturated rings. The van der Waals surface area contributed by atoms with Gasteiger partial charge in [0.05, 0.1) is 0 Å². The van der Waals surface area contributed by atoms with Crippen molar-refractivity contribution in [2.24, 2.45) is 0 Å². The zero-order valence-electron chi connectivity index (χ0n) is 8.23. The molecule has 0 amide bonds. The van der Waals surface area contributed by atoms with E-state index in [2.05, 4.69) is 13.0 Å². The van der Waals surface area contributed by atoms with Gasteiger partial charge in [-0.3, -0.25) is 0 Å². The summed E-state index contributed by atoms with van der Waals surface area (Å²) in [6, 6.07) is 2.13. The highest BCUT2D eigenvalue weighted by Gasteiger charge is 2.07. The third-order valence-electron chi connectivity index (χ3n) is 2.50. The Balaban J connectivity index is 3.40. The van der Waals surface area contributed by atoms with Gasteiger partial charge < -0.3 is 5.11 Å². The molecule has 1 aromatic rings. The highest BCUT2D eigenvalue weighted by Crippen LogP contribution is 2.28. The molecule has 12 heavy (non-hydrogen) atoms. The van der Waals surface area contributed by atoms with Crippen LogP contribution in [0.3, 0.4) is 0 Å². The Morgan fingerprint density at radius 1 is 1.17 bits per heavy atom. The highest BCUT2D eigenvalue weighted by atomic mass is 16.3. The van der Waals surface area contributed by atoms with E-state index in [9.17, 15) is 5.11 Å². The fraction of sp³-hybridized carbons (Fsp3) is 0.455. The summed E-state index contributed by atoms with van der Waals surface area (Å²) >= 11 is 0. The van der Waals surface area contributed by atoms with Crippen LogP contribution < -0.4 is 0 Å². The van der Waals surface area contributed by atoms with Crippen LogP contribution in [0.5, 0.6) is 5.75 Å². The minimum Gasteiger partial charge on any atom is -0.507 e. The monoisotopic (exact) mass is 164 g/mol. The SMILES string of the molecule is CCc1c(C)cc(C)c(C)c1O. The van der Waals surface area contributed by atoms with Gasteiger partial charge in [0.15, 0.2) is 0 Å². The molecule has 0 aliphatic rings. The number of benzene rings is 1. The van der Waals surface area contributed by atoms with E-state index in [4.69, 9.17) is 0 Å². The molecule has 0 radical (unpaired) electrons. The Kier molecular flexibility index (Phi) is 2.41. The van der Waals surface area contributed by atoms with Gasteiger partial charge in [0.2, 0.25) is 0 Å². The second-order valence-corrected chi connectivity index (χ2v) is 3.32. The number of phenols is 1. The van der Waals surface area contributed by atoms with Gasteiger partial charge in [0, 0.05) is 0 Å². The standard InChI is InChI=1S/C11H16O/c1-5-10-8(3)6-7(2)9(4)11(10)12/h6,12H,5H2,1-4H3. The van der Waals surface area contributed by atoms with Crippen LogP contribution in [0.15, 0.2) is 6.07 Å². The van der Waals surface area contributed by atoms with Crippen LogP contribution in [0.2, 0.25) is 0 Å². The molecule has 0 heterocycles. The zero-order chi connectivity index (χ0) is 9.30. The predicted molar refractivity (Wildman–Crippen MR) is 51.7 cm³/mol. The number of phenolic OH excluding ortho intramolecular Hbond substituents is 1. The zero-order valence-corrected chi connectivity index (χ0v) is 8.23. The summed E-state index contributed by atoms with van der Waals surface area (Å²) in [5.41, 5.74) is 4.45. The van der Waals surface area contributed by atoms with Crippen molar-refractivity contribution in [2.75, 3.05) is 0 Å². The van der Waals surface area contributed by atoms with E-state index in [1.54, 1.807) is 0 Å². The van der Waals surface area contributed by atoms with Gasteiger partial charge in [0.1, 0.15) is 5.75 Å². The van der Waals surface area contributed by atoms with E-state index < -0.39 is 0 Å². The molecule has 66 valence electrons. The summed E-state index contributed by atoms with van der Waals surface area (Å²) in [5, 5.41) is 9.76. The normalized spacial score (nSPS) is 10.3. The predicted octanol–water partition coefficient (Wildman–Crippen LogP) is 2.88. The molecule has 1 N–H and O–H groups in total. The van der Waals surface area contributed by atoms with E-state index in [-0.39, 0.29) is 0 Å². The minimum absolute atomic E-state index is 0.481. The highest BCUT2D eigenvalue weighted by molar-refractivity contribution is 5.48. The van der Waals surface area contributed by atoms with Gasteiger partial charge in [-0.15, -0.1) is 0 Å². The third-order valence-corrected chi connectivity index (χ3v) is 2.50. The van der Waals surface area contributed by atoms with Crippen molar-refractivity contribution < 1.29 is 5.11 Å². The van der Waals surface area contributed by atoms with Gasteiger partial charge in [0.25, 0.3) is 0 Å². The van der Waals surface area contributed by atoms with Gasteiger partial charge in [-0.2, -0.15) is 0 Å². The first-order valence-corrected chi connectivity index (χ1v) is 4.36. The molecule has 0 saturated heterocycles. The van der Waals surface area contributed by atoms with Crippen LogP contribution in [-0.2, 0) is 6.42 Å². The molecular formula is C11H16O. The average molecular weight is 164 g/mol. The first kappa shape index (κ1) is 9.11. The van der Waals surface area contributed by atoms with E-state index >= 15 is 0 Å². The van der Waals surface area contributed by atoms with Crippen molar-refractivity contribution in [2.45, 2.75) is 34.1 Å². The lowest BCUT2D eigenvalue weighted by Gasteiger charge is -2.11. The van der Waals surface area contributed by atoms with E-state index in [0.717, 1.165) is 17.5 Å². The fourth-order valence-electron chi connectivity index (χ4n) is 1.57. The lowest BCUT2D eigenvalue weighted by molar-refractivity contribution is 0.463. The Hall–Kier alpha value is -0.980. The summed E-state index contributed by atoms with van der Waals surface area (Å²) in [5.74, 6) is 0.481. The summed E-state index contributed by atoms with van der Waals surface area (Å²) in [7, 11) is 0. The summed E-state index contributed by atoms with van der Waals surface area (Å²) in [6.45, 7) is 8.10. The Morgan fingerprint density at radius 3 is 2.25 bits per heavy atom. The van der Waals surface area contributed by atoms with Crippen LogP contribution in [0.4, 0.5) is 0 Å². The number of hydrogen-bond acceptors (Lipinski definition) is 1. The van der Waals surface area contributed by atoms with Crippen LogP contribution in [0, 0.1) is 20.8 Å². The Morgan fingerprint density at radius 2 is 1.75 bits per heavy atom. The lowest BCUT2D eigenvalue weighted by Crippen LogP contribution is -1.92. The molecule has 0 aromatic heterocycles. The van der Waals surface area contributed by atoms with Gasteiger partial charge in [-0.05, 0) is 49.4 Å². The molecule has 0 spiro atoms. The number of hydrogen-bond donors (Lipinski definition) is 1. The lowest BCUT2D eigenvalue weighted by atomic mass is 9.98. The molecule has 1 nitrogen and oxygen atoms in total. The first-order valence-electron chi connectivity index (χ1n) is 4.36. The largest absolute Gasteiger partial charge is 0.507 e. The van der Waals surface area contributed by atoms with Crippen molar-refractivity contribution in [3.05, 3.63) is 28.3 Å². The number of aromatic hydroxyl groups is 1. The van der Waals surface area contributed by atoms with Crippen LogP contribution in [-0.4, -0.2) is 5.11 Å². The van der Waals surface area contributed by atoms with Crippen molar-refractivity contribution in [3.63, 3.8) is 0 Å². The minimum atomic E-state index is 0.481. The van der Waals surface area contributed by atoms with Gasteiger partial charge >= 0.3 is 0 Å². The van der Waals surface area contributed by atoms with Crippen molar-refractivity contribution in [1.29, 1.82) is 0 Å². The maximum absolute atomic E-state index is 9.76. The molecular weight excluding hydrogens is 148 g/mol. The topological polar surface area (TPSA) is 20.2 Å². The second kappa shape index (κ2) is 3.18. The maximum Gasteiger partial charge on any atom is 0.122 e. The van der Waals surface area contributed by atoms with Crippen molar-refractivity contribution in [3.8, 4) is 5.75 Å². The molecule has 0 aliphatic heterocycles. The van der Waals surface area contributed by atoms with Crippen molar-refractivity contribution in [1.82, 2.24) is 0 Å². The summed E-state index contributed by atoms with van der Waals surface area (Å²) in [4.78, 5) is 0. The van der Waals surface area contributed by atoms with E-state index in [1.807, 2.05) is 20.8 Å². The van der Waals surface area contributed by atoms with Crippen LogP contribution in [0.25, 0.3) is 0 Å². The molecule has 0 atom stereocenters. The molecule has 0 bridgehead atoms. The van der Waals surface area contributed by atoms with Crippen LogP contribution >= 0.6 is 0 Å².